The van der Waals surface area contributed by atoms with E-state index >= 15 is 0 Å². The Bertz CT molecular complexity index is 5060. The van der Waals surface area contributed by atoms with Crippen molar-refractivity contribution in [2.24, 2.45) is 0 Å². The molecular formula is C98H87N5. The molecule has 14 aromatic carbocycles. The van der Waals surface area contributed by atoms with Gasteiger partial charge in [0.05, 0.1) is 17.1 Å². The maximum absolute atomic E-state index is 4.23. The molecule has 103 heavy (non-hydrogen) atoms. The molecule has 5 heteroatoms. The molecule has 0 aliphatic carbocycles. The van der Waals surface area contributed by atoms with E-state index in [1.54, 1.807) is 0 Å². The molecule has 0 radical (unpaired) electrons. The van der Waals surface area contributed by atoms with Gasteiger partial charge in [0.15, 0.2) is 0 Å². The molecule has 0 aromatic heterocycles. The molecule has 0 fully saturated rings. The minimum absolute atomic E-state index is 0.724. The summed E-state index contributed by atoms with van der Waals surface area (Å²) in [4.78, 5) is 12.3. The Kier molecular flexibility index (Phi) is 20.1. The van der Waals surface area contributed by atoms with Crippen LogP contribution in [0.25, 0.3) is 55.6 Å². The lowest BCUT2D eigenvalue weighted by atomic mass is 9.93. The summed E-state index contributed by atoms with van der Waals surface area (Å²) in [5.41, 5.74) is 33.4. The van der Waals surface area contributed by atoms with Crippen LogP contribution in [0.4, 0.5) is 73.9 Å². The number of benzene rings is 14. The van der Waals surface area contributed by atoms with E-state index in [-0.39, 0.29) is 0 Å². The number of aryl methyl sites for hydroxylation is 6. The minimum Gasteiger partial charge on any atom is -0.345 e. The first kappa shape index (κ1) is 67.7. The van der Waals surface area contributed by atoms with Crippen molar-refractivity contribution < 1.29 is 0 Å². The number of rotatable bonds is 22. The second-order valence-corrected chi connectivity index (χ2v) is 26.6. The number of anilines is 13. The number of para-hydroxylation sites is 4. The van der Waals surface area contributed by atoms with E-state index in [2.05, 4.69) is 426 Å². The number of hydrogen-bond donors (Lipinski definition) is 0. The number of nitrogens with zero attached hydrogens (tertiary/aromatic N) is 5. The van der Waals surface area contributed by atoms with Crippen LogP contribution in [-0.2, 0) is 0 Å². The van der Waals surface area contributed by atoms with E-state index in [0.717, 1.165) is 120 Å². The highest BCUT2D eigenvalue weighted by atomic mass is 15.2. The molecule has 0 atom stereocenters. The summed E-state index contributed by atoms with van der Waals surface area (Å²) in [5.74, 6) is 0. The fourth-order valence-electron chi connectivity index (χ4n) is 15.2. The molecule has 0 N–H and O–H groups in total. The van der Waals surface area contributed by atoms with E-state index in [9.17, 15) is 0 Å². The van der Waals surface area contributed by atoms with Crippen LogP contribution in [0.1, 0.15) is 53.6 Å². The molecule has 0 aliphatic rings. The smallest absolute Gasteiger partial charge is 0.0618 e. The van der Waals surface area contributed by atoms with E-state index in [4.69, 9.17) is 0 Å². The lowest BCUT2D eigenvalue weighted by Gasteiger charge is -2.35. The zero-order valence-electron chi connectivity index (χ0n) is 60.3. The Balaban J connectivity index is 1.05. The zero-order chi connectivity index (χ0) is 70.9. The van der Waals surface area contributed by atoms with Gasteiger partial charge in [-0.1, -0.05) is 238 Å². The second kappa shape index (κ2) is 30.6. The van der Waals surface area contributed by atoms with Gasteiger partial charge < -0.3 is 24.5 Å². The Morgan fingerprint density at radius 3 is 0.932 bits per heavy atom. The largest absolute Gasteiger partial charge is 0.345 e. The van der Waals surface area contributed by atoms with Gasteiger partial charge in [0.2, 0.25) is 0 Å². The molecule has 14 rings (SSSR count). The summed E-state index contributed by atoms with van der Waals surface area (Å²) in [7, 11) is 0. The first-order chi connectivity index (χ1) is 50.5. The van der Waals surface area contributed by atoms with Gasteiger partial charge in [0, 0.05) is 80.2 Å². The molecule has 0 unspecified atom stereocenters. The fraction of sp³-hybridized carbons (Fsp3) is 0.102. The zero-order valence-corrected chi connectivity index (χ0v) is 60.3. The molecule has 0 amide bonds. The van der Waals surface area contributed by atoms with Gasteiger partial charge in [0.25, 0.3) is 0 Å². The van der Waals surface area contributed by atoms with Crippen molar-refractivity contribution in [1.29, 1.82) is 0 Å². The molecule has 5 nitrogen and oxygen atoms in total. The summed E-state index contributed by atoms with van der Waals surface area (Å²) in [5, 5.41) is 0. The third kappa shape index (κ3) is 14.1. The monoisotopic (exact) mass is 1330 g/mol. The highest BCUT2D eigenvalue weighted by Crippen LogP contribution is 2.52. The number of hydrogen-bond acceptors (Lipinski definition) is 5. The predicted molar refractivity (Wildman–Crippen MR) is 442 cm³/mol. The lowest BCUT2D eigenvalue weighted by Crippen LogP contribution is -2.23. The number of allylic oxidation sites excluding steroid dienone is 3. The minimum atomic E-state index is 0.724. The van der Waals surface area contributed by atoms with Gasteiger partial charge in [-0.3, -0.25) is 0 Å². The normalized spacial score (nSPS) is 11.3. The average molecular weight is 1330 g/mol. The van der Waals surface area contributed by atoms with Gasteiger partial charge in [-0.15, -0.1) is 0 Å². The van der Waals surface area contributed by atoms with Crippen LogP contribution in [0.5, 0.6) is 0 Å². The van der Waals surface area contributed by atoms with Crippen LogP contribution in [0.2, 0.25) is 0 Å². The molecular weight excluding hydrogens is 1250 g/mol. The molecule has 0 saturated carbocycles. The fourth-order valence-corrected chi connectivity index (χ4v) is 15.2. The maximum atomic E-state index is 4.23. The summed E-state index contributed by atoms with van der Waals surface area (Å²) in [6.07, 6.45) is 4.88. The highest BCUT2D eigenvalue weighted by Gasteiger charge is 2.28. The van der Waals surface area contributed by atoms with Crippen LogP contribution in [0.3, 0.4) is 0 Å². The van der Waals surface area contributed by atoms with Crippen molar-refractivity contribution in [2.75, 3.05) is 31.0 Å². The first-order valence-electron chi connectivity index (χ1n) is 36.0. The Hall–Kier alpha value is -12.4. The van der Waals surface area contributed by atoms with Gasteiger partial charge in [0.1, 0.15) is 0 Å². The quantitative estimate of drug-likeness (QED) is 0.0627. The first-order valence-corrected chi connectivity index (χ1v) is 36.0. The van der Waals surface area contributed by atoms with Crippen LogP contribution in [0, 0.1) is 41.5 Å². The van der Waals surface area contributed by atoms with Crippen LogP contribution >= 0.6 is 0 Å². The Labute approximate surface area is 610 Å². The third-order valence-electron chi connectivity index (χ3n) is 19.8. The molecule has 0 spiro atoms. The van der Waals surface area contributed by atoms with Crippen molar-refractivity contribution in [2.45, 2.75) is 61.8 Å². The van der Waals surface area contributed by atoms with Gasteiger partial charge in [-0.2, -0.15) is 0 Å². The summed E-state index contributed by atoms with van der Waals surface area (Å²) in [6.45, 7) is 22.8. The van der Waals surface area contributed by atoms with Crippen molar-refractivity contribution in [3.05, 3.63) is 391 Å². The summed E-state index contributed by atoms with van der Waals surface area (Å²) >= 11 is 0. The molecule has 0 saturated heterocycles. The van der Waals surface area contributed by atoms with Crippen molar-refractivity contribution in [3.63, 3.8) is 0 Å². The third-order valence-corrected chi connectivity index (χ3v) is 19.8. The van der Waals surface area contributed by atoms with Gasteiger partial charge in [-0.05, 0) is 254 Å². The van der Waals surface area contributed by atoms with Crippen LogP contribution in [-0.4, -0.2) is 6.54 Å². The van der Waals surface area contributed by atoms with Crippen molar-refractivity contribution in [3.8, 4) is 55.6 Å². The lowest BCUT2D eigenvalue weighted by molar-refractivity contribution is 0.894. The molecule has 0 bridgehead atoms. The second-order valence-electron chi connectivity index (χ2n) is 26.6. The van der Waals surface area contributed by atoms with Crippen LogP contribution < -0.4 is 24.5 Å². The van der Waals surface area contributed by atoms with Crippen LogP contribution in [0.15, 0.2) is 358 Å². The van der Waals surface area contributed by atoms with E-state index in [1.807, 2.05) is 6.08 Å². The molecule has 14 aromatic rings. The van der Waals surface area contributed by atoms with Crippen molar-refractivity contribution in [1.82, 2.24) is 0 Å². The van der Waals surface area contributed by atoms with Crippen molar-refractivity contribution >= 4 is 73.9 Å². The Morgan fingerprint density at radius 2 is 0.553 bits per heavy atom. The summed E-state index contributed by atoms with van der Waals surface area (Å²) in [6, 6.07) is 123. The standard InChI is InChI=1S/C98H87N5/c1-10-33-80(11-2)99(12-3)88-65-91(100(81-44-22-15-23-45-81)82-46-24-16-25-47-82)68-92(66-88)103(98-93(75-40-18-13-19-41-75)52-32-53-94(98)76-42-20-14-21-43-76)87-51-31-50-86(64-87)102(83-48-26-17-27-49-83)90-63-79(97-73(8)38-30-39-74(97)9)62-89(67-90)101(84-58-54-77(55-59-84)95-69(4)34-28-35-70(95)5)85-60-56-78(57-61-85)96-71(6)36-29-37-72(96)7/h10,13-68H,1,11-12H2,2-9H3/b80-33+. The Morgan fingerprint density at radius 1 is 0.262 bits per heavy atom. The van der Waals surface area contributed by atoms with E-state index < -0.39 is 0 Å². The predicted octanol–water partition coefficient (Wildman–Crippen LogP) is 28.1. The van der Waals surface area contributed by atoms with E-state index in [1.165, 1.54) is 61.2 Å². The topological polar surface area (TPSA) is 16.2 Å². The van der Waals surface area contributed by atoms with Gasteiger partial charge in [-0.25, -0.2) is 0 Å². The molecule has 504 valence electrons. The molecule has 0 aliphatic heterocycles. The average Bonchev–Trinajstić information content (AvgIpc) is 0.751. The molecule has 0 heterocycles. The highest BCUT2D eigenvalue weighted by molar-refractivity contribution is 6.00. The SMILES string of the molecule is C=C/C=C(\CC)N(CC)c1cc(N(c2ccccc2)c2ccccc2)cc(N(c2cccc(N(c3ccccc3)c3cc(-c4c(C)cccc4C)cc(N(c4ccc(-c5c(C)cccc5C)cc4)c4ccc(-c5c(C)cccc5C)cc4)c3)c2)c2c(-c3ccccc3)cccc2-c2ccccc2)c1. The maximum Gasteiger partial charge on any atom is 0.0618 e. The summed E-state index contributed by atoms with van der Waals surface area (Å²) < 4.78 is 0. The van der Waals surface area contributed by atoms with Gasteiger partial charge >= 0.3 is 0 Å². The van der Waals surface area contributed by atoms with E-state index in [0.29, 0.717) is 0 Å².